The minimum Gasteiger partial charge on any atom is -0.0888 e. The minimum absolute atomic E-state index is 0.205. The monoisotopic (exact) mass is 594 g/mol. The van der Waals surface area contributed by atoms with Gasteiger partial charge in [0.25, 0.3) is 0 Å². The number of fused-ring (bicyclic) bond motifs is 5. The van der Waals surface area contributed by atoms with Gasteiger partial charge in [-0.3, -0.25) is 0 Å². The Kier molecular flexibility index (Phi) is 5.04. The quantitative estimate of drug-likeness (QED) is 0.192. The van der Waals surface area contributed by atoms with Gasteiger partial charge in [-0.25, -0.2) is 0 Å². The maximum atomic E-state index is 2.52. The molecular formula is C44H34S. The molecule has 4 saturated carbocycles. The molecule has 0 unspecified atom stereocenters. The third-order valence-electron chi connectivity index (χ3n) is 12.5. The van der Waals surface area contributed by atoms with Crippen molar-refractivity contribution in [3.05, 3.63) is 132 Å². The summed E-state index contributed by atoms with van der Waals surface area (Å²) in [7, 11) is 0. The highest BCUT2D eigenvalue weighted by Crippen LogP contribution is 2.70. The van der Waals surface area contributed by atoms with Gasteiger partial charge in [0.2, 0.25) is 0 Å². The standard InChI is InChI=1S/C44H34S/c1-3-15-38-37(11-1)42-33(12-7-16-39(42)44(38)30-21-26-20-27(23-30)24-31(44)22-26)29-9-5-8-28(25-29)32-18-19-41-43-35(32)13-6-14-36(43)34-10-2-4-17-40(34)45-41/h1-19,25-27,30-31H,20-24H2. The second-order valence-electron chi connectivity index (χ2n) is 14.5. The highest BCUT2D eigenvalue weighted by Gasteiger charge is 2.61. The topological polar surface area (TPSA) is 0 Å². The summed E-state index contributed by atoms with van der Waals surface area (Å²) in [5.41, 5.74) is 14.6. The first-order valence-corrected chi connectivity index (χ1v) is 17.8. The molecule has 0 aromatic heterocycles. The van der Waals surface area contributed by atoms with Crippen molar-refractivity contribution in [1.29, 1.82) is 0 Å². The van der Waals surface area contributed by atoms with Crippen LogP contribution in [0.1, 0.15) is 43.2 Å². The van der Waals surface area contributed by atoms with Crippen LogP contribution >= 0.6 is 11.8 Å². The molecule has 1 heteroatoms. The van der Waals surface area contributed by atoms with Crippen molar-refractivity contribution in [3.8, 4) is 44.5 Å². The molecule has 0 nitrogen and oxygen atoms in total. The maximum absolute atomic E-state index is 2.52. The van der Waals surface area contributed by atoms with E-state index in [1.165, 1.54) is 97.2 Å². The van der Waals surface area contributed by atoms with Gasteiger partial charge in [-0.2, -0.15) is 0 Å². The zero-order chi connectivity index (χ0) is 29.3. The van der Waals surface area contributed by atoms with Crippen LogP contribution in [0.15, 0.2) is 131 Å². The maximum Gasteiger partial charge on any atom is 0.0272 e. The molecule has 0 N–H and O–H groups in total. The van der Waals surface area contributed by atoms with E-state index in [1.54, 1.807) is 11.1 Å². The lowest BCUT2D eigenvalue weighted by atomic mass is 9.43. The molecule has 6 aromatic rings. The number of benzene rings is 6. The molecule has 1 spiro atoms. The summed E-state index contributed by atoms with van der Waals surface area (Å²) in [4.78, 5) is 2.71. The van der Waals surface area contributed by atoms with Gasteiger partial charge < -0.3 is 0 Å². The molecule has 6 aromatic carbocycles. The second kappa shape index (κ2) is 9.02. The van der Waals surface area contributed by atoms with Gasteiger partial charge in [0.1, 0.15) is 0 Å². The Balaban J connectivity index is 1.10. The molecule has 45 heavy (non-hydrogen) atoms. The Bertz CT molecular complexity index is 2190. The summed E-state index contributed by atoms with van der Waals surface area (Å²) in [6.07, 6.45) is 7.19. The second-order valence-corrected chi connectivity index (χ2v) is 15.5. The molecule has 5 aliphatic carbocycles. The molecule has 0 saturated heterocycles. The predicted molar refractivity (Wildman–Crippen MR) is 188 cm³/mol. The smallest absolute Gasteiger partial charge is 0.0272 e. The van der Waals surface area contributed by atoms with Gasteiger partial charge in [0, 0.05) is 20.6 Å². The van der Waals surface area contributed by atoms with E-state index in [0.29, 0.717) is 0 Å². The molecule has 0 amide bonds. The van der Waals surface area contributed by atoms with Crippen LogP contribution in [0.2, 0.25) is 0 Å². The zero-order valence-corrected chi connectivity index (χ0v) is 26.1. The van der Waals surface area contributed by atoms with E-state index in [9.17, 15) is 0 Å². The molecule has 4 fully saturated rings. The highest BCUT2D eigenvalue weighted by atomic mass is 32.2. The van der Waals surface area contributed by atoms with Gasteiger partial charge in [0.05, 0.1) is 0 Å². The Morgan fingerprint density at radius 3 is 1.96 bits per heavy atom. The average Bonchev–Trinajstić information content (AvgIpc) is 3.38. The SMILES string of the molecule is c1cc(-c2cccc3c2-c2ccccc2C32C3CC4CC(C3)CC2C4)cc(-c2ccc3c4c(cccc24)-c2ccccc2S3)c1. The van der Waals surface area contributed by atoms with Gasteiger partial charge >= 0.3 is 0 Å². The fourth-order valence-electron chi connectivity index (χ4n) is 11.1. The normalized spacial score (nSPS) is 26.2. The molecule has 4 bridgehead atoms. The summed E-state index contributed by atoms with van der Waals surface area (Å²) in [6, 6.07) is 46.6. The van der Waals surface area contributed by atoms with E-state index < -0.39 is 0 Å². The average molecular weight is 595 g/mol. The van der Waals surface area contributed by atoms with Crippen LogP contribution in [0.25, 0.3) is 55.3 Å². The number of hydrogen-bond donors (Lipinski definition) is 0. The summed E-state index contributed by atoms with van der Waals surface area (Å²) >= 11 is 1.91. The van der Waals surface area contributed by atoms with Crippen LogP contribution in [0.3, 0.4) is 0 Å². The first kappa shape index (κ1) is 25.2. The largest absolute Gasteiger partial charge is 0.0888 e. The molecule has 0 radical (unpaired) electrons. The van der Waals surface area contributed by atoms with Gasteiger partial charge in [-0.1, -0.05) is 115 Å². The third kappa shape index (κ3) is 3.25. The fourth-order valence-corrected chi connectivity index (χ4v) is 12.3. The minimum atomic E-state index is 0.205. The van der Waals surface area contributed by atoms with Crippen molar-refractivity contribution in [1.82, 2.24) is 0 Å². The molecule has 0 atom stereocenters. The molecule has 1 aliphatic heterocycles. The van der Waals surface area contributed by atoms with E-state index in [1.807, 2.05) is 11.8 Å². The Hall–Kier alpha value is -4.07. The van der Waals surface area contributed by atoms with Crippen LogP contribution < -0.4 is 0 Å². The summed E-state index contributed by atoms with van der Waals surface area (Å²) in [5.74, 6) is 3.50. The van der Waals surface area contributed by atoms with Crippen LogP contribution in [0.4, 0.5) is 0 Å². The lowest BCUT2D eigenvalue weighted by Crippen LogP contribution is -2.55. The van der Waals surface area contributed by atoms with Crippen LogP contribution in [0, 0.1) is 23.7 Å². The van der Waals surface area contributed by atoms with Gasteiger partial charge in [-0.05, 0) is 135 Å². The Morgan fingerprint density at radius 2 is 1.11 bits per heavy atom. The van der Waals surface area contributed by atoms with Crippen LogP contribution in [-0.2, 0) is 5.41 Å². The van der Waals surface area contributed by atoms with E-state index in [4.69, 9.17) is 0 Å². The molecule has 6 aliphatic rings. The summed E-state index contributed by atoms with van der Waals surface area (Å²) in [5, 5.41) is 2.74. The molecule has 12 rings (SSSR count). The number of rotatable bonds is 2. The fraction of sp³-hybridized carbons (Fsp3) is 0.227. The summed E-state index contributed by atoms with van der Waals surface area (Å²) in [6.45, 7) is 0. The number of hydrogen-bond acceptors (Lipinski definition) is 1. The van der Waals surface area contributed by atoms with Crippen molar-refractivity contribution in [2.45, 2.75) is 47.3 Å². The van der Waals surface area contributed by atoms with E-state index in [0.717, 1.165) is 23.7 Å². The molecule has 1 heterocycles. The molecule has 216 valence electrons. The third-order valence-corrected chi connectivity index (χ3v) is 13.6. The van der Waals surface area contributed by atoms with E-state index in [-0.39, 0.29) is 5.41 Å². The van der Waals surface area contributed by atoms with Crippen LogP contribution in [0.5, 0.6) is 0 Å². The molecular weight excluding hydrogens is 561 g/mol. The highest BCUT2D eigenvalue weighted by molar-refractivity contribution is 7.99. The first-order chi connectivity index (χ1) is 22.3. The Morgan fingerprint density at radius 1 is 0.467 bits per heavy atom. The van der Waals surface area contributed by atoms with Crippen molar-refractivity contribution < 1.29 is 0 Å². The lowest BCUT2D eigenvalue weighted by Gasteiger charge is -2.61. The first-order valence-electron chi connectivity index (χ1n) is 16.9. The van der Waals surface area contributed by atoms with Gasteiger partial charge in [-0.15, -0.1) is 0 Å². The van der Waals surface area contributed by atoms with Gasteiger partial charge in [0.15, 0.2) is 0 Å². The lowest BCUT2D eigenvalue weighted by molar-refractivity contribution is -0.0399. The predicted octanol–water partition coefficient (Wildman–Crippen LogP) is 12.0. The van der Waals surface area contributed by atoms with Crippen molar-refractivity contribution >= 4 is 22.5 Å². The van der Waals surface area contributed by atoms with E-state index >= 15 is 0 Å². The Labute approximate surface area is 269 Å². The van der Waals surface area contributed by atoms with Crippen molar-refractivity contribution in [2.24, 2.45) is 23.7 Å². The van der Waals surface area contributed by atoms with E-state index in [2.05, 4.69) is 121 Å². The van der Waals surface area contributed by atoms with Crippen molar-refractivity contribution in [3.63, 3.8) is 0 Å². The van der Waals surface area contributed by atoms with Crippen LogP contribution in [-0.4, -0.2) is 0 Å². The zero-order valence-electron chi connectivity index (χ0n) is 25.3. The van der Waals surface area contributed by atoms with Crippen molar-refractivity contribution in [2.75, 3.05) is 0 Å². The summed E-state index contributed by atoms with van der Waals surface area (Å²) < 4.78 is 0.